The van der Waals surface area contributed by atoms with E-state index in [0.717, 1.165) is 16.4 Å². The minimum atomic E-state index is -3.02. The number of thioether (sulfide) groups is 1. The number of benzene rings is 2. The summed E-state index contributed by atoms with van der Waals surface area (Å²) in [4.78, 5) is 19.1. The molecule has 2 aliphatic rings. The molecule has 4 rings (SSSR count). The van der Waals surface area contributed by atoms with Crippen LogP contribution in [0.1, 0.15) is 29.8 Å². The van der Waals surface area contributed by atoms with Crippen molar-refractivity contribution in [3.63, 3.8) is 0 Å². The zero-order valence-electron chi connectivity index (χ0n) is 17.3. The highest BCUT2D eigenvalue weighted by Gasteiger charge is 2.44. The van der Waals surface area contributed by atoms with Crippen molar-refractivity contribution in [2.45, 2.75) is 37.7 Å². The highest BCUT2D eigenvalue weighted by atomic mass is 35.5. The lowest BCUT2D eigenvalue weighted by atomic mass is 10.1. The van der Waals surface area contributed by atoms with E-state index in [9.17, 15) is 13.2 Å². The second-order valence-corrected chi connectivity index (χ2v) is 11.8. The zero-order chi connectivity index (χ0) is 22.2. The fraction of sp³-hybridized carbons (Fsp3) is 0.364. The molecule has 0 aromatic heterocycles. The van der Waals surface area contributed by atoms with Gasteiger partial charge in [0, 0.05) is 27.6 Å². The Balaban J connectivity index is 1.63. The van der Waals surface area contributed by atoms with Crippen molar-refractivity contribution in [1.82, 2.24) is 5.32 Å². The second kappa shape index (κ2) is 8.84. The number of nitrogens with zero attached hydrogens (tertiary/aromatic N) is 2. The summed E-state index contributed by atoms with van der Waals surface area (Å²) in [7, 11) is -3.02. The number of sulfone groups is 1. The first kappa shape index (κ1) is 22.2. The third-order valence-electron chi connectivity index (χ3n) is 5.18. The van der Waals surface area contributed by atoms with Crippen molar-refractivity contribution >= 4 is 50.0 Å². The largest absolute Gasteiger partial charge is 0.350 e. The first-order valence-electron chi connectivity index (χ1n) is 10.1. The molecule has 0 unspecified atom stereocenters. The number of carbonyl (C=O) groups is 1. The number of amides is 1. The fourth-order valence-electron chi connectivity index (χ4n) is 3.68. The van der Waals surface area contributed by atoms with Crippen LogP contribution in [0.5, 0.6) is 0 Å². The lowest BCUT2D eigenvalue weighted by Gasteiger charge is -2.25. The summed E-state index contributed by atoms with van der Waals surface area (Å²) in [6.45, 7) is 4.34. The predicted molar refractivity (Wildman–Crippen MR) is 128 cm³/mol. The van der Waals surface area contributed by atoms with Gasteiger partial charge in [0.15, 0.2) is 15.0 Å². The first-order valence-corrected chi connectivity index (χ1v) is 13.2. The second-order valence-electron chi connectivity index (χ2n) is 8.06. The Hall–Kier alpha value is -2.03. The van der Waals surface area contributed by atoms with Crippen LogP contribution in [0, 0.1) is 0 Å². The van der Waals surface area contributed by atoms with Gasteiger partial charge in [0.2, 0.25) is 0 Å². The molecule has 2 aromatic rings. The molecule has 9 heteroatoms. The van der Waals surface area contributed by atoms with Crippen molar-refractivity contribution in [3.05, 3.63) is 64.7 Å². The number of anilines is 1. The molecule has 31 heavy (non-hydrogen) atoms. The maximum Gasteiger partial charge on any atom is 0.251 e. The van der Waals surface area contributed by atoms with E-state index in [4.69, 9.17) is 16.6 Å². The third kappa shape index (κ3) is 5.07. The Labute approximate surface area is 192 Å². The molecule has 2 heterocycles. The van der Waals surface area contributed by atoms with Gasteiger partial charge in [-0.15, -0.1) is 0 Å². The molecular formula is C22H24ClN3O3S2. The van der Waals surface area contributed by atoms with Crippen LogP contribution in [0.25, 0.3) is 0 Å². The van der Waals surface area contributed by atoms with Crippen molar-refractivity contribution in [2.24, 2.45) is 4.99 Å². The molecule has 1 amide bonds. The summed E-state index contributed by atoms with van der Waals surface area (Å²) in [6.07, 6.45) is 0. The van der Waals surface area contributed by atoms with Crippen LogP contribution in [0.4, 0.5) is 5.69 Å². The number of hydrogen-bond acceptors (Lipinski definition) is 6. The number of amidine groups is 1. The van der Waals surface area contributed by atoms with Crippen LogP contribution >= 0.6 is 23.4 Å². The molecule has 0 saturated carbocycles. The predicted octanol–water partition coefficient (Wildman–Crippen LogP) is 3.75. The summed E-state index contributed by atoms with van der Waals surface area (Å²) in [6, 6.07) is 14.8. The lowest BCUT2D eigenvalue weighted by molar-refractivity contribution is 0.0943. The van der Waals surface area contributed by atoms with E-state index in [0.29, 0.717) is 17.1 Å². The average molecular weight is 478 g/mol. The van der Waals surface area contributed by atoms with Gasteiger partial charge in [-0.05, 0) is 49.7 Å². The maximum atomic E-state index is 12.3. The number of fused-ring (bicyclic) bond motifs is 1. The fourth-order valence-corrected chi connectivity index (χ4v) is 7.65. The molecule has 1 fully saturated rings. The average Bonchev–Trinajstić information content (AvgIpc) is 3.20. The van der Waals surface area contributed by atoms with Crippen LogP contribution in [-0.4, -0.2) is 48.3 Å². The Kier molecular flexibility index (Phi) is 6.32. The summed E-state index contributed by atoms with van der Waals surface area (Å²) in [5.74, 6) is 0.137. The van der Waals surface area contributed by atoms with Gasteiger partial charge in [0.1, 0.15) is 0 Å². The smallest absolute Gasteiger partial charge is 0.251 e. The number of aliphatic imine (C=N–C) groups is 1. The summed E-state index contributed by atoms with van der Waals surface area (Å²) in [5, 5.41) is 4.28. The molecule has 2 aliphatic heterocycles. The van der Waals surface area contributed by atoms with Gasteiger partial charge in [-0.3, -0.25) is 9.79 Å². The van der Waals surface area contributed by atoms with Gasteiger partial charge in [-0.2, -0.15) is 0 Å². The highest BCUT2D eigenvalue weighted by molar-refractivity contribution is 8.15. The molecule has 0 radical (unpaired) electrons. The number of halogens is 1. The molecule has 2 aromatic carbocycles. The topological polar surface area (TPSA) is 78.8 Å². The highest BCUT2D eigenvalue weighted by Crippen LogP contribution is 2.37. The van der Waals surface area contributed by atoms with Crippen molar-refractivity contribution in [2.75, 3.05) is 16.4 Å². The van der Waals surface area contributed by atoms with E-state index in [1.54, 1.807) is 12.1 Å². The van der Waals surface area contributed by atoms with Gasteiger partial charge in [-0.25, -0.2) is 8.42 Å². The Morgan fingerprint density at radius 2 is 1.90 bits per heavy atom. The van der Waals surface area contributed by atoms with Crippen LogP contribution in [0.15, 0.2) is 53.5 Å². The minimum Gasteiger partial charge on any atom is -0.350 e. The monoisotopic (exact) mass is 477 g/mol. The quantitative estimate of drug-likeness (QED) is 0.709. The van der Waals surface area contributed by atoms with Gasteiger partial charge in [0.25, 0.3) is 5.91 Å². The molecular weight excluding hydrogens is 454 g/mol. The van der Waals surface area contributed by atoms with Gasteiger partial charge in [0.05, 0.1) is 24.1 Å². The van der Waals surface area contributed by atoms with Gasteiger partial charge < -0.3 is 10.2 Å². The summed E-state index contributed by atoms with van der Waals surface area (Å²) >= 11 is 7.91. The number of carbonyl (C=O) groups excluding carboxylic acids is 1. The third-order valence-corrected chi connectivity index (χ3v) is 8.80. The van der Waals surface area contributed by atoms with Crippen LogP contribution in [0.2, 0.25) is 5.02 Å². The normalized spacial score (nSPS) is 21.6. The number of rotatable bonds is 5. The molecule has 0 bridgehead atoms. The zero-order valence-corrected chi connectivity index (χ0v) is 19.7. The SMILES string of the molecule is CC(C)NC(=O)c1ccc(N(Cc2ccccc2Cl)C2=N[C@H]3CS(=O)(=O)C[C@H]3S2)cc1. The Morgan fingerprint density at radius 3 is 2.55 bits per heavy atom. The first-order chi connectivity index (χ1) is 14.7. The molecule has 6 nitrogen and oxygen atoms in total. The molecule has 0 spiro atoms. The lowest BCUT2D eigenvalue weighted by Crippen LogP contribution is -2.30. The van der Waals surface area contributed by atoms with E-state index in [1.165, 1.54) is 11.8 Å². The Morgan fingerprint density at radius 1 is 1.19 bits per heavy atom. The minimum absolute atomic E-state index is 0.0511. The summed E-state index contributed by atoms with van der Waals surface area (Å²) < 4.78 is 23.9. The molecule has 0 aliphatic carbocycles. The van der Waals surface area contributed by atoms with Crippen LogP contribution in [0.3, 0.4) is 0 Å². The number of nitrogens with one attached hydrogen (secondary N) is 1. The molecule has 2 atom stereocenters. The van der Waals surface area contributed by atoms with Crippen molar-refractivity contribution < 1.29 is 13.2 Å². The summed E-state index contributed by atoms with van der Waals surface area (Å²) in [5.41, 5.74) is 2.40. The van der Waals surface area contributed by atoms with Crippen molar-refractivity contribution in [1.29, 1.82) is 0 Å². The molecule has 164 valence electrons. The molecule has 1 saturated heterocycles. The van der Waals surface area contributed by atoms with E-state index < -0.39 is 9.84 Å². The van der Waals surface area contributed by atoms with Gasteiger partial charge >= 0.3 is 0 Å². The van der Waals surface area contributed by atoms with E-state index in [-0.39, 0.29) is 34.7 Å². The number of hydrogen-bond donors (Lipinski definition) is 1. The van der Waals surface area contributed by atoms with Crippen LogP contribution in [-0.2, 0) is 16.4 Å². The standard InChI is InChI=1S/C22H24ClN3O3S2/c1-14(2)24-21(27)15-7-9-17(10-8-15)26(11-16-5-3-4-6-18(16)23)22-25-19-12-31(28,29)13-20(19)30-22/h3-10,14,19-20H,11-13H2,1-2H3,(H,24,27)/t19-,20+/m0/s1. The van der Waals surface area contributed by atoms with E-state index in [2.05, 4.69) is 5.32 Å². The van der Waals surface area contributed by atoms with Crippen molar-refractivity contribution in [3.8, 4) is 0 Å². The van der Waals surface area contributed by atoms with E-state index in [1.807, 2.05) is 55.1 Å². The molecule has 1 N–H and O–H groups in total. The van der Waals surface area contributed by atoms with E-state index >= 15 is 0 Å². The van der Waals surface area contributed by atoms with Crippen LogP contribution < -0.4 is 10.2 Å². The Bertz CT molecular complexity index is 1120. The van der Waals surface area contributed by atoms with Gasteiger partial charge in [-0.1, -0.05) is 41.6 Å². The maximum absolute atomic E-state index is 12.3.